The van der Waals surface area contributed by atoms with Crippen LogP contribution in [0.5, 0.6) is 0 Å². The summed E-state index contributed by atoms with van der Waals surface area (Å²) >= 11 is 0. The molecule has 0 N–H and O–H groups in total. The fourth-order valence-electron chi connectivity index (χ4n) is 2.93. The Labute approximate surface area is 125 Å². The Morgan fingerprint density at radius 1 is 1.09 bits per heavy atom. The van der Waals surface area contributed by atoms with Gasteiger partial charge in [0.2, 0.25) is 17.7 Å². The molecule has 3 aliphatic rings. The molecule has 3 saturated heterocycles. The van der Waals surface area contributed by atoms with Crippen molar-refractivity contribution < 1.29 is 28.7 Å². The van der Waals surface area contributed by atoms with Crippen molar-refractivity contribution in [1.82, 2.24) is 14.7 Å². The van der Waals surface area contributed by atoms with E-state index in [-0.39, 0.29) is 50.3 Å². The minimum atomic E-state index is -0.686. The predicted molar refractivity (Wildman–Crippen MR) is 69.1 cm³/mol. The van der Waals surface area contributed by atoms with Crippen LogP contribution in [0.1, 0.15) is 19.3 Å². The molecule has 1 atom stereocenters. The largest absolute Gasteiger partial charge is 0.439 e. The van der Waals surface area contributed by atoms with Gasteiger partial charge in [0, 0.05) is 25.9 Å². The summed E-state index contributed by atoms with van der Waals surface area (Å²) in [5.74, 6) is -1.44. The van der Waals surface area contributed by atoms with E-state index in [4.69, 9.17) is 0 Å². The highest BCUT2D eigenvalue weighted by molar-refractivity contribution is 6.04. The predicted octanol–water partition coefficient (Wildman–Crippen LogP) is -1.28. The van der Waals surface area contributed by atoms with E-state index in [0.29, 0.717) is 13.0 Å². The van der Waals surface area contributed by atoms with Gasteiger partial charge in [-0.25, -0.2) is 9.69 Å². The molecule has 3 aliphatic heterocycles. The van der Waals surface area contributed by atoms with Crippen molar-refractivity contribution in [3.8, 4) is 0 Å². The lowest BCUT2D eigenvalue weighted by molar-refractivity contribution is -0.145. The van der Waals surface area contributed by atoms with Crippen LogP contribution in [0.15, 0.2) is 0 Å². The molecule has 118 valence electrons. The van der Waals surface area contributed by atoms with Crippen LogP contribution in [0.25, 0.3) is 0 Å². The van der Waals surface area contributed by atoms with Crippen molar-refractivity contribution in [3.63, 3.8) is 0 Å². The fraction of sp³-hybridized carbons (Fsp3) is 0.615. The molecule has 5 amide bonds. The third kappa shape index (κ3) is 2.42. The first kappa shape index (κ1) is 14.5. The molecular formula is C13H15N3O6. The van der Waals surface area contributed by atoms with Gasteiger partial charge in [0.15, 0.2) is 6.61 Å². The lowest BCUT2D eigenvalue weighted by Gasteiger charge is -2.22. The first-order valence-electron chi connectivity index (χ1n) is 7.07. The zero-order chi connectivity index (χ0) is 15.9. The Morgan fingerprint density at radius 3 is 2.36 bits per heavy atom. The van der Waals surface area contributed by atoms with Gasteiger partial charge in [-0.2, -0.15) is 0 Å². The van der Waals surface area contributed by atoms with Crippen molar-refractivity contribution >= 4 is 29.7 Å². The maximum Gasteiger partial charge on any atom is 0.417 e. The van der Waals surface area contributed by atoms with Gasteiger partial charge in [-0.15, -0.1) is 0 Å². The second-order valence-electron chi connectivity index (χ2n) is 5.47. The van der Waals surface area contributed by atoms with E-state index in [1.807, 2.05) is 0 Å². The molecule has 9 nitrogen and oxygen atoms in total. The van der Waals surface area contributed by atoms with Crippen LogP contribution in [0, 0.1) is 0 Å². The fourth-order valence-corrected chi connectivity index (χ4v) is 2.93. The van der Waals surface area contributed by atoms with Gasteiger partial charge in [-0.3, -0.25) is 24.1 Å². The number of carbonyl (C=O) groups is 5. The lowest BCUT2D eigenvalue weighted by atomic mass is 10.2. The van der Waals surface area contributed by atoms with Gasteiger partial charge in [-0.1, -0.05) is 0 Å². The highest BCUT2D eigenvalue weighted by Crippen LogP contribution is 2.21. The van der Waals surface area contributed by atoms with E-state index in [0.717, 1.165) is 9.80 Å². The van der Waals surface area contributed by atoms with Crippen LogP contribution in [-0.4, -0.2) is 76.7 Å². The average Bonchev–Trinajstić information content (AvgIpc) is 3.15. The summed E-state index contributed by atoms with van der Waals surface area (Å²) in [6, 6.07) is -0.406. The van der Waals surface area contributed by atoms with E-state index in [9.17, 15) is 24.0 Å². The Bertz CT molecular complexity index is 542. The smallest absolute Gasteiger partial charge is 0.417 e. The molecule has 22 heavy (non-hydrogen) atoms. The lowest BCUT2D eigenvalue weighted by Crippen LogP contribution is -2.44. The molecule has 0 aliphatic carbocycles. The Kier molecular flexibility index (Phi) is 3.55. The molecule has 1 unspecified atom stereocenters. The number of carbonyl (C=O) groups excluding carboxylic acids is 5. The van der Waals surface area contributed by atoms with E-state index in [2.05, 4.69) is 4.74 Å². The Hall–Kier alpha value is -2.45. The first-order chi connectivity index (χ1) is 10.5. The van der Waals surface area contributed by atoms with E-state index >= 15 is 0 Å². The molecule has 3 heterocycles. The third-order valence-electron chi connectivity index (χ3n) is 4.11. The molecule has 3 rings (SSSR count). The van der Waals surface area contributed by atoms with Crippen molar-refractivity contribution in [3.05, 3.63) is 0 Å². The highest BCUT2D eigenvalue weighted by Gasteiger charge is 2.42. The second kappa shape index (κ2) is 5.39. The van der Waals surface area contributed by atoms with Crippen LogP contribution < -0.4 is 0 Å². The number of rotatable bonds is 3. The maximum atomic E-state index is 12.2. The number of nitrogens with zero attached hydrogens (tertiary/aromatic N) is 3. The molecule has 0 aromatic carbocycles. The van der Waals surface area contributed by atoms with Crippen molar-refractivity contribution in [2.45, 2.75) is 25.3 Å². The SMILES string of the molecule is O=C(CN1C(=O)CCC1=O)N1CCC(N2C(=O)COC2=O)C1. The normalized spacial score (nSPS) is 25.5. The summed E-state index contributed by atoms with van der Waals surface area (Å²) in [6.45, 7) is 0.0372. The quantitative estimate of drug-likeness (QED) is 0.601. The van der Waals surface area contributed by atoms with Crippen molar-refractivity contribution in [1.29, 1.82) is 0 Å². The molecule has 0 bridgehead atoms. The monoisotopic (exact) mass is 309 g/mol. The van der Waals surface area contributed by atoms with Crippen LogP contribution >= 0.6 is 0 Å². The van der Waals surface area contributed by atoms with Gasteiger partial charge in [-0.05, 0) is 6.42 Å². The number of amides is 5. The average molecular weight is 309 g/mol. The first-order valence-corrected chi connectivity index (χ1v) is 7.07. The van der Waals surface area contributed by atoms with E-state index < -0.39 is 18.0 Å². The number of ether oxygens (including phenoxy) is 1. The van der Waals surface area contributed by atoms with Crippen molar-refractivity contribution in [2.24, 2.45) is 0 Å². The number of likely N-dealkylation sites (tertiary alicyclic amines) is 2. The van der Waals surface area contributed by atoms with E-state index in [1.54, 1.807) is 0 Å². The molecule has 0 saturated carbocycles. The number of hydrogen-bond donors (Lipinski definition) is 0. The molecular weight excluding hydrogens is 294 g/mol. The molecule has 0 radical (unpaired) electrons. The van der Waals surface area contributed by atoms with Crippen LogP contribution in [0.3, 0.4) is 0 Å². The third-order valence-corrected chi connectivity index (χ3v) is 4.11. The topological polar surface area (TPSA) is 104 Å². The molecule has 0 aromatic heterocycles. The number of hydrogen-bond acceptors (Lipinski definition) is 6. The Morgan fingerprint density at radius 2 is 1.77 bits per heavy atom. The summed E-state index contributed by atoms with van der Waals surface area (Å²) in [7, 11) is 0. The highest BCUT2D eigenvalue weighted by atomic mass is 16.6. The van der Waals surface area contributed by atoms with Gasteiger partial charge in [0.25, 0.3) is 5.91 Å². The molecule has 0 aromatic rings. The Balaban J connectivity index is 1.59. The summed E-state index contributed by atoms with van der Waals surface area (Å²) < 4.78 is 4.66. The zero-order valence-electron chi connectivity index (χ0n) is 11.8. The van der Waals surface area contributed by atoms with Crippen LogP contribution in [-0.2, 0) is 23.9 Å². The zero-order valence-corrected chi connectivity index (χ0v) is 11.8. The standard InChI is InChI=1S/C13H15N3O6/c17-9-1-2-10(18)15(9)6-11(19)14-4-3-8(5-14)16-12(20)7-22-13(16)21/h8H,1-7H2. The van der Waals surface area contributed by atoms with Gasteiger partial charge >= 0.3 is 6.09 Å². The van der Waals surface area contributed by atoms with Crippen LogP contribution in [0.2, 0.25) is 0 Å². The van der Waals surface area contributed by atoms with Gasteiger partial charge < -0.3 is 9.64 Å². The van der Waals surface area contributed by atoms with Crippen molar-refractivity contribution in [2.75, 3.05) is 26.2 Å². The van der Waals surface area contributed by atoms with Gasteiger partial charge in [0.05, 0.1) is 6.04 Å². The van der Waals surface area contributed by atoms with Gasteiger partial charge in [0.1, 0.15) is 6.54 Å². The summed E-state index contributed by atoms with van der Waals surface area (Å²) in [6.07, 6.45) is 0.0643. The molecule has 3 fully saturated rings. The minimum Gasteiger partial charge on any atom is -0.439 e. The summed E-state index contributed by atoms with van der Waals surface area (Å²) in [5, 5.41) is 0. The number of cyclic esters (lactones) is 1. The maximum absolute atomic E-state index is 12.2. The summed E-state index contributed by atoms with van der Waals surface area (Å²) in [4.78, 5) is 61.8. The molecule has 0 spiro atoms. The number of imide groups is 2. The second-order valence-corrected chi connectivity index (χ2v) is 5.47. The minimum absolute atomic E-state index is 0.142. The van der Waals surface area contributed by atoms with E-state index in [1.165, 1.54) is 4.90 Å². The molecule has 9 heteroatoms. The summed E-state index contributed by atoms with van der Waals surface area (Å²) in [5.41, 5.74) is 0. The van der Waals surface area contributed by atoms with Crippen LogP contribution in [0.4, 0.5) is 4.79 Å².